The second-order valence-corrected chi connectivity index (χ2v) is 23.7. The van der Waals surface area contributed by atoms with Crippen LogP contribution in [0.1, 0.15) is 106 Å². The molecular formula is C49H78O19. The first-order valence-corrected chi connectivity index (χ1v) is 24.6. The predicted molar refractivity (Wildman–Crippen MR) is 235 cm³/mol. The van der Waals surface area contributed by atoms with Crippen molar-refractivity contribution in [2.75, 3.05) is 20.3 Å². The molecule has 68 heavy (non-hydrogen) atoms. The van der Waals surface area contributed by atoms with Crippen molar-refractivity contribution in [3.8, 4) is 0 Å². The number of hydrogen-bond donors (Lipinski definition) is 10. The van der Waals surface area contributed by atoms with E-state index >= 15 is 0 Å². The van der Waals surface area contributed by atoms with Gasteiger partial charge >= 0.3 is 5.97 Å². The molecule has 0 aromatic rings. The standard InChI is InChI=1S/C49H78O19/c1-44(2)15-16-49(21-52)23(17-44)22-9-10-27-46(5)13-12-29(45(3,4)26(46)11-14-47(27,6)48(22,7)18-28(49)53)65-43-39(68-42-35(59)33(57)31(55)25(20-51)64-42)37(36(60)38(67-43)40(61)62-8)66-41-34(58)32(56)30(54)24(19-50)63-41/h9,21,23-39,41-43,50-51,53-60H,10-20H2,1-8H3/t23-,24+,25+,26-,27+,28-,29-,30+,31+,32-,33-,34+,35+,36-,37-,38-,39+,41-,42-,43+,46-,47+,48+,49+/m0/s1. The van der Waals surface area contributed by atoms with Gasteiger partial charge in [0.05, 0.1) is 37.9 Å². The zero-order valence-corrected chi connectivity index (χ0v) is 40.6. The van der Waals surface area contributed by atoms with Crippen molar-refractivity contribution in [3.63, 3.8) is 0 Å². The molecule has 4 saturated carbocycles. The third-order valence-electron chi connectivity index (χ3n) is 19.4. The molecule has 19 heteroatoms. The normalized spacial score (nSPS) is 53.1. The van der Waals surface area contributed by atoms with E-state index in [2.05, 4.69) is 54.5 Å². The van der Waals surface area contributed by atoms with E-state index < -0.39 is 134 Å². The van der Waals surface area contributed by atoms with Gasteiger partial charge in [0.15, 0.2) is 25.0 Å². The van der Waals surface area contributed by atoms with Crippen LogP contribution in [-0.2, 0) is 42.7 Å². The van der Waals surface area contributed by atoms with Gasteiger partial charge in [-0.25, -0.2) is 4.79 Å². The maximum Gasteiger partial charge on any atom is 0.337 e. The number of carbonyl (C=O) groups is 2. The van der Waals surface area contributed by atoms with Crippen molar-refractivity contribution in [3.05, 3.63) is 11.6 Å². The van der Waals surface area contributed by atoms with Gasteiger partial charge in [-0.15, -0.1) is 0 Å². The Morgan fingerprint density at radius 2 is 1.26 bits per heavy atom. The minimum atomic E-state index is -2.00. The summed E-state index contributed by atoms with van der Waals surface area (Å²) in [5.74, 6) is -0.845. The zero-order valence-electron chi connectivity index (χ0n) is 40.6. The first kappa shape index (κ1) is 52.6. The molecule has 0 bridgehead atoms. The van der Waals surface area contributed by atoms with E-state index in [0.29, 0.717) is 25.7 Å². The van der Waals surface area contributed by atoms with Gasteiger partial charge in [0.2, 0.25) is 0 Å². The third kappa shape index (κ3) is 8.09. The fraction of sp³-hybridized carbons (Fsp3) is 0.918. The first-order valence-electron chi connectivity index (χ1n) is 24.6. The molecule has 3 heterocycles. The summed E-state index contributed by atoms with van der Waals surface area (Å²) in [6.07, 6.45) is -18.2. The topological polar surface area (TPSA) is 301 Å². The number of aldehydes is 1. The molecule has 388 valence electrons. The van der Waals surface area contributed by atoms with Gasteiger partial charge < -0.3 is 89.0 Å². The van der Waals surface area contributed by atoms with Crippen molar-refractivity contribution >= 4 is 12.3 Å². The summed E-state index contributed by atoms with van der Waals surface area (Å²) < 4.78 is 42.0. The minimum Gasteiger partial charge on any atom is -0.467 e. The molecule has 7 fully saturated rings. The van der Waals surface area contributed by atoms with E-state index in [-0.39, 0.29) is 39.4 Å². The first-order chi connectivity index (χ1) is 31.8. The lowest BCUT2D eigenvalue weighted by Gasteiger charge is -2.71. The van der Waals surface area contributed by atoms with Crippen molar-refractivity contribution in [2.45, 2.75) is 211 Å². The lowest BCUT2D eigenvalue weighted by molar-refractivity contribution is -0.396. The number of rotatable bonds is 10. The van der Waals surface area contributed by atoms with Crippen LogP contribution in [0.25, 0.3) is 0 Å². The number of esters is 1. The Kier molecular flexibility index (Phi) is 14.4. The average Bonchev–Trinajstić information content (AvgIpc) is 3.29. The zero-order chi connectivity index (χ0) is 49.8. The molecule has 10 N–H and O–H groups in total. The molecule has 0 aromatic carbocycles. The van der Waals surface area contributed by atoms with Crippen LogP contribution >= 0.6 is 0 Å². The second kappa shape index (κ2) is 18.6. The number of aliphatic hydroxyl groups is 10. The van der Waals surface area contributed by atoms with Crippen LogP contribution in [0.5, 0.6) is 0 Å². The van der Waals surface area contributed by atoms with Crippen LogP contribution in [0.3, 0.4) is 0 Å². The number of carbonyl (C=O) groups excluding carboxylic acids is 2. The fourth-order valence-electron chi connectivity index (χ4n) is 15.2. The Morgan fingerprint density at radius 1 is 0.676 bits per heavy atom. The number of hydrogen-bond acceptors (Lipinski definition) is 19. The number of methoxy groups -OCH3 is 1. The third-order valence-corrected chi connectivity index (χ3v) is 19.4. The van der Waals surface area contributed by atoms with Gasteiger partial charge in [-0.2, -0.15) is 0 Å². The van der Waals surface area contributed by atoms with E-state index in [1.54, 1.807) is 0 Å². The highest BCUT2D eigenvalue weighted by Gasteiger charge is 2.70. The lowest BCUT2D eigenvalue weighted by Crippen LogP contribution is -2.69. The molecule has 5 aliphatic carbocycles. The molecule has 0 unspecified atom stereocenters. The number of aliphatic hydroxyl groups excluding tert-OH is 10. The van der Waals surface area contributed by atoms with Gasteiger partial charge in [0.1, 0.15) is 73.4 Å². The maximum absolute atomic E-state index is 13.4. The second-order valence-electron chi connectivity index (χ2n) is 23.7. The highest BCUT2D eigenvalue weighted by Crippen LogP contribution is 2.75. The smallest absolute Gasteiger partial charge is 0.337 e. The highest BCUT2D eigenvalue weighted by molar-refractivity contribution is 5.75. The molecule has 0 amide bonds. The van der Waals surface area contributed by atoms with Crippen molar-refractivity contribution < 1.29 is 93.8 Å². The van der Waals surface area contributed by atoms with E-state index in [1.165, 1.54) is 5.57 Å². The largest absolute Gasteiger partial charge is 0.467 e. The summed E-state index contributed by atoms with van der Waals surface area (Å²) in [6.45, 7) is 14.2. The van der Waals surface area contributed by atoms with E-state index in [9.17, 15) is 60.7 Å². The molecular weight excluding hydrogens is 893 g/mol. The van der Waals surface area contributed by atoms with Crippen LogP contribution < -0.4 is 0 Å². The summed E-state index contributed by atoms with van der Waals surface area (Å²) in [6, 6.07) is 0. The molecule has 8 rings (SSSR count). The Labute approximate surface area is 398 Å². The van der Waals surface area contributed by atoms with E-state index in [0.717, 1.165) is 45.5 Å². The molecule has 19 nitrogen and oxygen atoms in total. The average molecular weight is 971 g/mol. The number of fused-ring (bicyclic) bond motifs is 7. The van der Waals surface area contributed by atoms with Gasteiger partial charge in [-0.3, -0.25) is 0 Å². The van der Waals surface area contributed by atoms with Gasteiger partial charge in [-0.05, 0) is 103 Å². The fourth-order valence-corrected chi connectivity index (χ4v) is 15.2. The van der Waals surface area contributed by atoms with E-state index in [1.807, 2.05) is 0 Å². The van der Waals surface area contributed by atoms with E-state index in [4.69, 9.17) is 33.2 Å². The molecule has 0 radical (unpaired) electrons. The number of allylic oxidation sites excluding steroid dienone is 2. The Balaban J connectivity index is 1.12. The number of ether oxygens (including phenoxy) is 7. The quantitative estimate of drug-likeness (QED) is 0.0595. The summed E-state index contributed by atoms with van der Waals surface area (Å²) in [5, 5.41) is 109. The van der Waals surface area contributed by atoms with Crippen LogP contribution in [-0.4, -0.2) is 188 Å². The molecule has 3 saturated heterocycles. The Morgan fingerprint density at radius 3 is 1.82 bits per heavy atom. The van der Waals surface area contributed by atoms with Crippen LogP contribution in [0.2, 0.25) is 0 Å². The van der Waals surface area contributed by atoms with Crippen LogP contribution in [0.4, 0.5) is 0 Å². The van der Waals surface area contributed by atoms with Gasteiger partial charge in [0, 0.05) is 0 Å². The van der Waals surface area contributed by atoms with Crippen molar-refractivity contribution in [1.82, 2.24) is 0 Å². The van der Waals surface area contributed by atoms with Crippen LogP contribution in [0, 0.1) is 50.2 Å². The van der Waals surface area contributed by atoms with Crippen LogP contribution in [0.15, 0.2) is 11.6 Å². The summed E-state index contributed by atoms with van der Waals surface area (Å²) in [4.78, 5) is 26.4. The molecule has 0 spiro atoms. The molecule has 8 aliphatic rings. The maximum atomic E-state index is 13.4. The lowest BCUT2D eigenvalue weighted by atomic mass is 9.33. The van der Waals surface area contributed by atoms with Gasteiger partial charge in [-0.1, -0.05) is 60.1 Å². The summed E-state index contributed by atoms with van der Waals surface area (Å²) in [5.41, 5.74) is -0.890. The highest BCUT2D eigenvalue weighted by atomic mass is 16.8. The Bertz CT molecular complexity index is 1880. The monoisotopic (exact) mass is 971 g/mol. The van der Waals surface area contributed by atoms with Crippen molar-refractivity contribution in [2.24, 2.45) is 50.2 Å². The molecule has 3 aliphatic heterocycles. The van der Waals surface area contributed by atoms with Crippen molar-refractivity contribution in [1.29, 1.82) is 0 Å². The predicted octanol–water partition coefficient (Wildman–Crippen LogP) is -0.0280. The SMILES string of the molecule is COC(=O)[C@H]1O[C@@H](O[C@H]2CC[C@]3(C)[C@H]4CC=C5[C@@H]6CC(C)(C)CC[C@]6(C=O)[C@@H](O)C[C@@]5(C)[C@]4(C)CC[C@H]3C2(C)C)[C@H](O[C@@H]2O[C@H](CO)[C@@H](O)[C@H](O)[C@H]2O)[C@@H](O[C@@H]2O[C@H](CO)[C@@H](O)[C@H](O)[C@H]2O)[C@@H]1O. The molecule has 24 atom stereocenters. The van der Waals surface area contributed by atoms with Gasteiger partial charge in [0.25, 0.3) is 0 Å². The molecule has 0 aromatic heterocycles. The summed E-state index contributed by atoms with van der Waals surface area (Å²) in [7, 11) is 1.08. The Hall–Kier alpha value is -1.76. The minimum absolute atomic E-state index is 0.0295. The summed E-state index contributed by atoms with van der Waals surface area (Å²) >= 11 is 0.